The second-order valence-corrected chi connectivity index (χ2v) is 6.12. The largest absolute Gasteiger partial charge is 0.465 e. The first-order valence-electron chi connectivity index (χ1n) is 8.06. The molecule has 0 N–H and O–H groups in total. The van der Waals surface area contributed by atoms with Crippen LogP contribution in [-0.2, 0) is 14.3 Å². The first-order valence-corrected chi connectivity index (χ1v) is 8.06. The van der Waals surface area contributed by atoms with Crippen molar-refractivity contribution in [3.63, 3.8) is 0 Å². The van der Waals surface area contributed by atoms with Gasteiger partial charge in [-0.2, -0.15) is 0 Å². The van der Waals surface area contributed by atoms with Crippen LogP contribution in [0.2, 0.25) is 0 Å². The Labute approximate surface area is 117 Å². The molecule has 1 saturated carbocycles. The molecule has 0 aromatic heterocycles. The molecule has 2 rings (SSSR count). The van der Waals surface area contributed by atoms with Gasteiger partial charge in [-0.15, -0.1) is 0 Å². The van der Waals surface area contributed by atoms with Gasteiger partial charge in [0, 0.05) is 0 Å². The zero-order chi connectivity index (χ0) is 13.7. The zero-order valence-electron chi connectivity index (χ0n) is 12.4. The summed E-state index contributed by atoms with van der Waals surface area (Å²) in [5.74, 6) is 0.665. The summed E-state index contributed by atoms with van der Waals surface area (Å²) in [6, 6.07) is 0. The van der Waals surface area contributed by atoms with E-state index in [1.165, 1.54) is 12.8 Å². The van der Waals surface area contributed by atoms with Crippen LogP contribution < -0.4 is 0 Å². The van der Waals surface area contributed by atoms with Crippen molar-refractivity contribution in [2.45, 2.75) is 77.4 Å². The molecule has 2 aliphatic rings. The fourth-order valence-corrected chi connectivity index (χ4v) is 3.09. The minimum absolute atomic E-state index is 0.0254. The molecule has 0 amide bonds. The maximum Gasteiger partial charge on any atom is 0.308 e. The van der Waals surface area contributed by atoms with E-state index in [4.69, 9.17) is 9.47 Å². The minimum atomic E-state index is 0.0254. The van der Waals surface area contributed by atoms with Gasteiger partial charge in [0.05, 0.1) is 24.7 Å². The summed E-state index contributed by atoms with van der Waals surface area (Å²) in [4.78, 5) is 12.0. The van der Waals surface area contributed by atoms with E-state index in [-0.39, 0.29) is 11.9 Å². The van der Waals surface area contributed by atoms with Crippen molar-refractivity contribution >= 4 is 5.97 Å². The molecule has 4 unspecified atom stereocenters. The number of carbonyl (C=O) groups excluding carboxylic acids is 1. The molecule has 1 heterocycles. The van der Waals surface area contributed by atoms with Crippen molar-refractivity contribution in [1.29, 1.82) is 0 Å². The van der Waals surface area contributed by atoms with Crippen molar-refractivity contribution < 1.29 is 14.3 Å². The predicted octanol–water partition coefficient (Wildman–Crippen LogP) is 3.70. The second kappa shape index (κ2) is 7.28. The summed E-state index contributed by atoms with van der Waals surface area (Å²) in [6.45, 7) is 4.88. The third-order valence-corrected chi connectivity index (χ3v) is 4.56. The Hall–Kier alpha value is -0.570. The van der Waals surface area contributed by atoms with E-state index in [9.17, 15) is 4.79 Å². The van der Waals surface area contributed by atoms with Gasteiger partial charge in [0.25, 0.3) is 0 Å². The molecule has 0 bridgehead atoms. The number of hydrogen-bond donors (Lipinski definition) is 0. The minimum Gasteiger partial charge on any atom is -0.465 e. The summed E-state index contributed by atoms with van der Waals surface area (Å²) in [6.07, 6.45) is 9.86. The highest BCUT2D eigenvalue weighted by Gasteiger charge is 2.44. The van der Waals surface area contributed by atoms with Crippen LogP contribution in [0.25, 0.3) is 0 Å². The molecular weight excluding hydrogens is 240 g/mol. The van der Waals surface area contributed by atoms with E-state index in [2.05, 4.69) is 13.8 Å². The maximum atomic E-state index is 12.0. The third-order valence-electron chi connectivity index (χ3n) is 4.56. The van der Waals surface area contributed by atoms with Crippen LogP contribution >= 0.6 is 0 Å². The number of esters is 1. The molecule has 3 nitrogen and oxygen atoms in total. The summed E-state index contributed by atoms with van der Waals surface area (Å²) in [5, 5.41) is 0. The SMILES string of the molecule is CCCCCC(CC)C(=O)OCC1CCC2OC2C1. The Morgan fingerprint density at radius 3 is 2.79 bits per heavy atom. The van der Waals surface area contributed by atoms with Crippen LogP contribution in [0.5, 0.6) is 0 Å². The number of epoxide rings is 1. The van der Waals surface area contributed by atoms with Gasteiger partial charge in [-0.25, -0.2) is 0 Å². The van der Waals surface area contributed by atoms with Gasteiger partial charge >= 0.3 is 5.97 Å². The smallest absolute Gasteiger partial charge is 0.308 e. The first kappa shape index (κ1) is 14.8. The summed E-state index contributed by atoms with van der Waals surface area (Å²) in [7, 11) is 0. The van der Waals surface area contributed by atoms with Crippen LogP contribution in [-0.4, -0.2) is 24.8 Å². The number of fused-ring (bicyclic) bond motifs is 1. The van der Waals surface area contributed by atoms with Crippen LogP contribution in [0.15, 0.2) is 0 Å². The van der Waals surface area contributed by atoms with Crippen LogP contribution in [0, 0.1) is 11.8 Å². The molecule has 0 spiro atoms. The average molecular weight is 268 g/mol. The summed E-state index contributed by atoms with van der Waals surface area (Å²) < 4.78 is 11.0. The normalized spacial score (nSPS) is 30.5. The molecule has 0 aromatic carbocycles. The molecule has 1 aliphatic carbocycles. The molecular formula is C16H28O3. The molecule has 19 heavy (non-hydrogen) atoms. The van der Waals surface area contributed by atoms with Gasteiger partial charge in [0.2, 0.25) is 0 Å². The van der Waals surface area contributed by atoms with E-state index in [0.717, 1.165) is 38.5 Å². The highest BCUT2D eigenvalue weighted by atomic mass is 16.6. The van der Waals surface area contributed by atoms with Gasteiger partial charge in [-0.3, -0.25) is 4.79 Å². The predicted molar refractivity (Wildman–Crippen MR) is 74.9 cm³/mol. The van der Waals surface area contributed by atoms with E-state index >= 15 is 0 Å². The molecule has 0 radical (unpaired) electrons. The highest BCUT2D eigenvalue weighted by Crippen LogP contribution is 2.39. The molecule has 1 aliphatic heterocycles. The number of hydrogen-bond acceptors (Lipinski definition) is 3. The fourth-order valence-electron chi connectivity index (χ4n) is 3.09. The molecule has 4 atom stereocenters. The summed E-state index contributed by atoms with van der Waals surface area (Å²) in [5.41, 5.74) is 0. The highest BCUT2D eigenvalue weighted by molar-refractivity contribution is 5.72. The monoisotopic (exact) mass is 268 g/mol. The number of rotatable bonds is 8. The Kier molecular flexibility index (Phi) is 5.68. The number of ether oxygens (including phenoxy) is 2. The maximum absolute atomic E-state index is 12.0. The first-order chi connectivity index (χ1) is 9.24. The lowest BCUT2D eigenvalue weighted by atomic mass is 9.90. The topological polar surface area (TPSA) is 38.8 Å². The van der Waals surface area contributed by atoms with E-state index in [0.29, 0.717) is 24.7 Å². The standard InChI is InChI=1S/C16H28O3/c1-3-5-6-7-13(4-2)16(17)18-11-12-8-9-14-15(10-12)19-14/h12-15H,3-11H2,1-2H3. The van der Waals surface area contributed by atoms with Crippen molar-refractivity contribution in [1.82, 2.24) is 0 Å². The van der Waals surface area contributed by atoms with Crippen LogP contribution in [0.3, 0.4) is 0 Å². The van der Waals surface area contributed by atoms with Crippen molar-refractivity contribution in [2.75, 3.05) is 6.61 Å². The Balaban J connectivity index is 1.63. The van der Waals surface area contributed by atoms with Crippen molar-refractivity contribution in [3.8, 4) is 0 Å². The van der Waals surface area contributed by atoms with Crippen LogP contribution in [0.4, 0.5) is 0 Å². The third kappa shape index (κ3) is 4.48. The quantitative estimate of drug-likeness (QED) is 0.383. The zero-order valence-corrected chi connectivity index (χ0v) is 12.4. The fraction of sp³-hybridized carbons (Fsp3) is 0.938. The van der Waals surface area contributed by atoms with Gasteiger partial charge < -0.3 is 9.47 Å². The van der Waals surface area contributed by atoms with E-state index in [1.807, 2.05) is 0 Å². The average Bonchev–Trinajstić information content (AvgIpc) is 3.19. The Bertz CT molecular complexity index is 290. The van der Waals surface area contributed by atoms with E-state index < -0.39 is 0 Å². The number of unbranched alkanes of at least 4 members (excludes halogenated alkanes) is 2. The number of carbonyl (C=O) groups is 1. The molecule has 2 fully saturated rings. The van der Waals surface area contributed by atoms with Crippen molar-refractivity contribution in [2.24, 2.45) is 11.8 Å². The Morgan fingerprint density at radius 1 is 1.26 bits per heavy atom. The summed E-state index contributed by atoms with van der Waals surface area (Å²) >= 11 is 0. The van der Waals surface area contributed by atoms with E-state index in [1.54, 1.807) is 0 Å². The van der Waals surface area contributed by atoms with Crippen molar-refractivity contribution in [3.05, 3.63) is 0 Å². The van der Waals surface area contributed by atoms with Gasteiger partial charge in [0.15, 0.2) is 0 Å². The Morgan fingerprint density at radius 2 is 2.11 bits per heavy atom. The lowest BCUT2D eigenvalue weighted by Crippen LogP contribution is -2.24. The van der Waals surface area contributed by atoms with Gasteiger partial charge in [0.1, 0.15) is 0 Å². The molecule has 1 saturated heterocycles. The van der Waals surface area contributed by atoms with Gasteiger partial charge in [-0.05, 0) is 38.0 Å². The molecule has 3 heteroatoms. The lowest BCUT2D eigenvalue weighted by molar-refractivity contribution is -0.150. The van der Waals surface area contributed by atoms with Crippen LogP contribution in [0.1, 0.15) is 65.2 Å². The molecule has 110 valence electrons. The second-order valence-electron chi connectivity index (χ2n) is 6.12. The lowest BCUT2D eigenvalue weighted by Gasteiger charge is -2.20. The van der Waals surface area contributed by atoms with Gasteiger partial charge in [-0.1, -0.05) is 33.1 Å². The molecule has 0 aromatic rings.